The number of sulfonamides is 3. The summed E-state index contributed by atoms with van der Waals surface area (Å²) >= 11 is 14.9. The fourth-order valence-corrected chi connectivity index (χ4v) is 13.3. The summed E-state index contributed by atoms with van der Waals surface area (Å²) in [7, 11) is -11.9. The number of non-ortho nitro benzene ring substituents is 3. The largest absolute Gasteiger partial charge is 0.321 e. The van der Waals surface area contributed by atoms with Crippen LogP contribution in [0.1, 0.15) is 62.1 Å². The summed E-state index contributed by atoms with van der Waals surface area (Å²) in [6, 6.07) is 56.0. The van der Waals surface area contributed by atoms with E-state index in [0.29, 0.717) is 47.9 Å². The number of amides is 6. The lowest BCUT2D eigenvalue weighted by Crippen LogP contribution is -2.19. The van der Waals surface area contributed by atoms with Crippen LogP contribution >= 0.6 is 39.1 Å². The molecule has 3 aromatic heterocycles. The van der Waals surface area contributed by atoms with Crippen molar-refractivity contribution in [2.24, 2.45) is 15.4 Å². The Balaban J connectivity index is 0.000000181. The third kappa shape index (κ3) is 21.4. The molecule has 12 aromatic rings. The molecule has 12 rings (SSSR count). The van der Waals surface area contributed by atoms with Crippen LogP contribution in [0.25, 0.3) is 33.4 Å². The average Bonchev–Trinajstić information content (AvgIpc) is 0.818. The molecule has 0 atom stereocenters. The Morgan fingerprint density at radius 3 is 0.939 bits per heavy atom. The van der Waals surface area contributed by atoms with E-state index in [1.165, 1.54) is 134 Å². The molecule has 0 aliphatic heterocycles. The number of primary sulfonamides is 3. The first-order valence-electron chi connectivity index (χ1n) is 32.3. The lowest BCUT2D eigenvalue weighted by molar-refractivity contribution is -0.385. The van der Waals surface area contributed by atoms with Gasteiger partial charge in [0.25, 0.3) is 52.5 Å². The van der Waals surface area contributed by atoms with Crippen molar-refractivity contribution in [2.75, 3.05) is 31.9 Å². The quantitative estimate of drug-likeness (QED) is 0.0238. The van der Waals surface area contributed by atoms with Gasteiger partial charge in [0.1, 0.15) is 17.5 Å². The molecule has 0 bridgehead atoms. The third-order valence-corrected chi connectivity index (χ3v) is 19.8. The molecule has 576 valence electrons. The maximum atomic E-state index is 13.0. The molecule has 6 amide bonds. The van der Waals surface area contributed by atoms with Crippen molar-refractivity contribution in [3.05, 3.63) is 333 Å². The van der Waals surface area contributed by atoms with Gasteiger partial charge in [-0.25, -0.2) is 55.6 Å². The maximum absolute atomic E-state index is 13.0. The molecule has 33 nitrogen and oxygen atoms in total. The van der Waals surface area contributed by atoms with Gasteiger partial charge in [0, 0.05) is 92.8 Å². The molecule has 0 unspecified atom stereocenters. The molecule has 12 N–H and O–H groups in total. The zero-order chi connectivity index (χ0) is 82.3. The fraction of sp³-hybridized carbons (Fsp3) is 0. The predicted octanol–water partition coefficient (Wildman–Crippen LogP) is 13.5. The Hall–Kier alpha value is -13.8. The maximum Gasteiger partial charge on any atom is 0.271 e. The molecule has 0 aliphatic rings. The second-order valence-electron chi connectivity index (χ2n) is 23.6. The Labute approximate surface area is 664 Å². The second-order valence-corrected chi connectivity index (χ2v) is 30.0. The molecule has 0 spiro atoms. The highest BCUT2D eigenvalue weighted by atomic mass is 79.9. The molecule has 9 aromatic carbocycles. The number of nitrogens with zero attached hydrogens (tertiary/aromatic N) is 6. The van der Waals surface area contributed by atoms with Gasteiger partial charge in [-0.05, 0) is 142 Å². The van der Waals surface area contributed by atoms with E-state index in [-0.39, 0.29) is 99.6 Å². The SMILES string of the molecule is NS(=O)(=O)c1ccccc1-c1ccc(C(=O)Nc2cc([N+](=O)[O-])ccc2C(=O)Nc2ccc(Cl)cn2)cc1.NS(=O)(=O)c1ccccc1-c1ccc(C(=O)Nc2ccc([N+](=O)[O-])cc2C(=O)Nc2ccc(Br)cn2)cc1.NS(=O)(=O)c1ccccc1-c1ccc(C(=O)Nc2ccc([N+](=O)[O-])cc2C(=O)Nc2ccc(Cl)cn2)cc1. The zero-order valence-corrected chi connectivity index (χ0v) is 63.4. The summed E-state index contributed by atoms with van der Waals surface area (Å²) < 4.78 is 72.2. The van der Waals surface area contributed by atoms with Gasteiger partial charge in [0.15, 0.2) is 0 Å². The number of anilines is 6. The van der Waals surface area contributed by atoms with Crippen LogP contribution in [-0.2, 0) is 30.1 Å². The standard InChI is InChI=1S/C25H18BrN5O6S.2C25H18ClN5O6S/c2*26-17-9-12-23(28-14-17)30-25(33)20-13-18(31(34)35)10-11-21(20)29-24(32)16-7-5-15(6-8-16)19-3-1-2-4-22(19)38(27,36)37;26-17-9-12-23(28-14-17)30-25(33)20-11-10-18(31(34)35)13-21(20)29-24(32)16-7-5-15(6-8-16)19-3-1-2-4-22(19)38(27,36)37/h3*1-14H,(H,29,32)(H2,27,36,37)(H,28,30,33). The first-order valence-corrected chi connectivity index (χ1v) is 38.5. The van der Waals surface area contributed by atoms with Gasteiger partial charge in [-0.2, -0.15) is 0 Å². The number of nitro groups is 3. The molecule has 0 saturated carbocycles. The van der Waals surface area contributed by atoms with Gasteiger partial charge in [0.2, 0.25) is 30.1 Å². The zero-order valence-electron chi connectivity index (χ0n) is 57.9. The minimum Gasteiger partial charge on any atom is -0.321 e. The number of halogens is 3. The van der Waals surface area contributed by atoms with Crippen molar-refractivity contribution in [3.63, 3.8) is 0 Å². The number of nitrogens with two attached hydrogens (primary N) is 3. The summed E-state index contributed by atoms with van der Waals surface area (Å²) in [6.07, 6.45) is 4.12. The van der Waals surface area contributed by atoms with E-state index in [2.05, 4.69) is 62.8 Å². The number of nitrogens with one attached hydrogen (secondary N) is 6. The molecule has 0 fully saturated rings. The lowest BCUT2D eigenvalue weighted by atomic mass is 10.0. The van der Waals surface area contributed by atoms with Crippen molar-refractivity contribution in [2.45, 2.75) is 14.7 Å². The van der Waals surface area contributed by atoms with Crippen LogP contribution in [-0.4, -0.2) is 90.4 Å². The highest BCUT2D eigenvalue weighted by molar-refractivity contribution is 9.10. The van der Waals surface area contributed by atoms with Crippen LogP contribution in [0, 0.1) is 30.3 Å². The smallest absolute Gasteiger partial charge is 0.271 e. The summed E-state index contributed by atoms with van der Waals surface area (Å²) in [5.74, 6) is -3.44. The minimum atomic E-state index is -3.98. The van der Waals surface area contributed by atoms with Crippen LogP contribution < -0.4 is 47.3 Å². The number of carbonyl (C=O) groups is 6. The van der Waals surface area contributed by atoms with E-state index in [0.717, 1.165) is 36.4 Å². The van der Waals surface area contributed by atoms with E-state index in [1.54, 1.807) is 84.9 Å². The molecule has 3 heterocycles. The van der Waals surface area contributed by atoms with Gasteiger partial charge < -0.3 is 31.9 Å². The van der Waals surface area contributed by atoms with Gasteiger partial charge >= 0.3 is 0 Å². The Bertz CT molecular complexity index is 5920. The summed E-state index contributed by atoms with van der Waals surface area (Å²) in [6.45, 7) is 0. The Kier molecular flexibility index (Phi) is 26.1. The summed E-state index contributed by atoms with van der Waals surface area (Å²) in [5, 5.41) is 65.8. The molecule has 0 saturated heterocycles. The van der Waals surface area contributed by atoms with E-state index < -0.39 is 80.3 Å². The van der Waals surface area contributed by atoms with Crippen LogP contribution in [0.15, 0.2) is 274 Å². The van der Waals surface area contributed by atoms with Crippen LogP contribution in [0.2, 0.25) is 10.0 Å². The average molecular weight is 1700 g/mol. The third-order valence-electron chi connectivity index (χ3n) is 16.0. The Morgan fingerprint density at radius 2 is 0.632 bits per heavy atom. The van der Waals surface area contributed by atoms with E-state index in [1.807, 2.05) is 0 Å². The highest BCUT2D eigenvalue weighted by Crippen LogP contribution is 2.33. The van der Waals surface area contributed by atoms with Gasteiger partial charge in [-0.3, -0.25) is 59.1 Å². The van der Waals surface area contributed by atoms with Crippen molar-refractivity contribution in [3.8, 4) is 33.4 Å². The molecule has 0 radical (unpaired) electrons. The first-order chi connectivity index (χ1) is 54.1. The molecule has 114 heavy (non-hydrogen) atoms. The van der Waals surface area contributed by atoms with Gasteiger partial charge in [-0.15, -0.1) is 0 Å². The number of carbonyl (C=O) groups excluding carboxylic acids is 6. The van der Waals surface area contributed by atoms with Crippen LogP contribution in [0.4, 0.5) is 51.6 Å². The summed E-state index contributed by atoms with van der Waals surface area (Å²) in [4.78, 5) is 121. The lowest BCUT2D eigenvalue weighted by Gasteiger charge is -2.12. The van der Waals surface area contributed by atoms with Crippen LogP contribution in [0.3, 0.4) is 0 Å². The van der Waals surface area contributed by atoms with E-state index in [9.17, 15) is 84.4 Å². The number of pyridine rings is 3. The normalized spacial score (nSPS) is 11.0. The van der Waals surface area contributed by atoms with Crippen molar-refractivity contribution in [1.29, 1.82) is 0 Å². The predicted molar refractivity (Wildman–Crippen MR) is 427 cm³/mol. The van der Waals surface area contributed by atoms with Gasteiger partial charge in [-0.1, -0.05) is 114 Å². The van der Waals surface area contributed by atoms with Gasteiger partial charge in [0.05, 0.1) is 73.3 Å². The minimum absolute atomic E-state index is 0.0238. The molecule has 0 aliphatic carbocycles. The second kappa shape index (κ2) is 35.9. The summed E-state index contributed by atoms with van der Waals surface area (Å²) in [5.41, 5.74) is 1.75. The van der Waals surface area contributed by atoms with E-state index >= 15 is 0 Å². The first kappa shape index (κ1) is 82.7. The van der Waals surface area contributed by atoms with Crippen LogP contribution in [0.5, 0.6) is 0 Å². The number of nitro benzene ring substituents is 3. The highest BCUT2D eigenvalue weighted by Gasteiger charge is 2.26. The Morgan fingerprint density at radius 1 is 0.333 bits per heavy atom. The van der Waals surface area contributed by atoms with Crippen molar-refractivity contribution in [1.82, 2.24) is 15.0 Å². The molecular weight excluding hydrogens is 1650 g/mol. The monoisotopic (exact) mass is 1700 g/mol. The molecule has 39 heteroatoms. The number of hydrogen-bond acceptors (Lipinski definition) is 21. The number of hydrogen-bond donors (Lipinski definition) is 9. The van der Waals surface area contributed by atoms with E-state index in [4.69, 9.17) is 38.6 Å². The van der Waals surface area contributed by atoms with Crippen molar-refractivity contribution >= 4 is 156 Å². The van der Waals surface area contributed by atoms with Crippen molar-refractivity contribution < 1.29 is 68.8 Å². The molecular formula is C75H54BrCl2N15O18S3. The number of aromatic nitrogens is 3. The topological polar surface area (TPSA) is 523 Å². The number of benzene rings is 9. The number of rotatable bonds is 21. The fourth-order valence-electron chi connectivity index (χ4n) is 10.6.